The lowest BCUT2D eigenvalue weighted by Gasteiger charge is -2.17. The van der Waals surface area contributed by atoms with Gasteiger partial charge in [0.25, 0.3) is 0 Å². The van der Waals surface area contributed by atoms with Crippen LogP contribution in [0.4, 0.5) is 0 Å². The molecule has 0 aliphatic rings. The van der Waals surface area contributed by atoms with Crippen LogP contribution in [0.3, 0.4) is 0 Å². The Hall–Kier alpha value is -1.32. The molecule has 1 unspecified atom stereocenters. The molecule has 106 valence electrons. The number of nitrogens with one attached hydrogen (secondary N) is 1. The maximum atomic E-state index is 6.02. The molecule has 1 N–H and O–H groups in total. The molecule has 0 amide bonds. The average molecular weight is 334 g/mol. The van der Waals surface area contributed by atoms with E-state index >= 15 is 0 Å². The van der Waals surface area contributed by atoms with Gasteiger partial charge in [-0.2, -0.15) is 0 Å². The van der Waals surface area contributed by atoms with Crippen LogP contribution in [0.25, 0.3) is 0 Å². The van der Waals surface area contributed by atoms with Gasteiger partial charge in [-0.25, -0.2) is 0 Å². The molecule has 0 saturated heterocycles. The first-order valence-electron chi connectivity index (χ1n) is 6.76. The molecule has 2 rings (SSSR count). The highest BCUT2D eigenvalue weighted by atomic mass is 79.9. The number of rotatable bonds is 5. The van der Waals surface area contributed by atoms with Crippen molar-refractivity contribution in [2.45, 2.75) is 26.5 Å². The molecule has 3 heteroatoms. The Morgan fingerprint density at radius 1 is 1.20 bits per heavy atom. The molecule has 0 bridgehead atoms. The van der Waals surface area contributed by atoms with Crippen molar-refractivity contribution in [1.82, 2.24) is 5.32 Å². The third-order valence-corrected chi connectivity index (χ3v) is 4.01. The summed E-state index contributed by atoms with van der Waals surface area (Å²) < 4.78 is 7.09. The molecule has 0 saturated carbocycles. The van der Waals surface area contributed by atoms with Crippen molar-refractivity contribution in [3.8, 4) is 5.75 Å². The van der Waals surface area contributed by atoms with Gasteiger partial charge in [0.15, 0.2) is 0 Å². The van der Waals surface area contributed by atoms with E-state index in [1.807, 2.05) is 31.3 Å². The first-order chi connectivity index (χ1) is 9.61. The van der Waals surface area contributed by atoms with E-state index in [4.69, 9.17) is 4.74 Å². The van der Waals surface area contributed by atoms with Crippen LogP contribution in [-0.2, 0) is 6.61 Å². The van der Waals surface area contributed by atoms with Crippen LogP contribution in [0.2, 0.25) is 0 Å². The van der Waals surface area contributed by atoms with Gasteiger partial charge in [0.05, 0.1) is 0 Å². The minimum Gasteiger partial charge on any atom is -0.489 e. The molecule has 2 nitrogen and oxygen atoms in total. The minimum atomic E-state index is 0.249. The van der Waals surface area contributed by atoms with Gasteiger partial charge in [-0.3, -0.25) is 0 Å². The summed E-state index contributed by atoms with van der Waals surface area (Å²) in [6, 6.07) is 14.7. The number of hydrogen-bond acceptors (Lipinski definition) is 2. The predicted molar refractivity (Wildman–Crippen MR) is 87.1 cm³/mol. The molecular weight excluding hydrogens is 314 g/mol. The standard InChI is InChI=1S/C17H20BrNO/c1-12-6-4-5-7-14(12)11-20-17-9-8-15(18)10-16(17)13(2)19-3/h4-10,13,19H,11H2,1-3H3. The van der Waals surface area contributed by atoms with Crippen LogP contribution in [0.1, 0.15) is 29.7 Å². The Balaban J connectivity index is 2.19. The fourth-order valence-corrected chi connectivity index (χ4v) is 2.45. The number of halogens is 1. The van der Waals surface area contributed by atoms with Gasteiger partial charge in [-0.15, -0.1) is 0 Å². The predicted octanol–water partition coefficient (Wildman–Crippen LogP) is 4.62. The number of ether oxygens (including phenoxy) is 1. The Kier molecular flexibility index (Phi) is 5.21. The number of hydrogen-bond donors (Lipinski definition) is 1. The van der Waals surface area contributed by atoms with Crippen molar-refractivity contribution in [2.75, 3.05) is 7.05 Å². The van der Waals surface area contributed by atoms with Crippen molar-refractivity contribution < 1.29 is 4.74 Å². The Bertz CT molecular complexity index is 583. The van der Waals surface area contributed by atoms with Crippen LogP contribution in [0.15, 0.2) is 46.9 Å². The monoisotopic (exact) mass is 333 g/mol. The molecule has 0 fully saturated rings. The van der Waals surface area contributed by atoms with Crippen molar-refractivity contribution in [3.63, 3.8) is 0 Å². The van der Waals surface area contributed by atoms with Crippen LogP contribution < -0.4 is 10.1 Å². The molecule has 2 aromatic carbocycles. The third kappa shape index (κ3) is 3.62. The summed E-state index contributed by atoms with van der Waals surface area (Å²) >= 11 is 3.52. The van der Waals surface area contributed by atoms with Crippen molar-refractivity contribution in [2.24, 2.45) is 0 Å². The number of aryl methyl sites for hydroxylation is 1. The van der Waals surface area contributed by atoms with Crippen LogP contribution in [0, 0.1) is 6.92 Å². The zero-order valence-electron chi connectivity index (χ0n) is 12.1. The Labute approximate surface area is 129 Å². The summed E-state index contributed by atoms with van der Waals surface area (Å²) in [5.74, 6) is 0.929. The molecule has 2 aromatic rings. The van der Waals surface area contributed by atoms with Crippen LogP contribution in [0.5, 0.6) is 5.75 Å². The summed E-state index contributed by atoms with van der Waals surface area (Å²) in [5.41, 5.74) is 3.64. The summed E-state index contributed by atoms with van der Waals surface area (Å²) in [4.78, 5) is 0. The van der Waals surface area contributed by atoms with Gasteiger partial charge in [0.1, 0.15) is 12.4 Å². The third-order valence-electron chi connectivity index (χ3n) is 3.52. The lowest BCUT2D eigenvalue weighted by atomic mass is 10.1. The van der Waals surface area contributed by atoms with Crippen LogP contribution >= 0.6 is 15.9 Å². The fourth-order valence-electron chi connectivity index (χ4n) is 2.07. The molecule has 0 heterocycles. The maximum absolute atomic E-state index is 6.02. The highest BCUT2D eigenvalue weighted by molar-refractivity contribution is 9.10. The summed E-state index contributed by atoms with van der Waals surface area (Å²) in [6.07, 6.45) is 0. The molecule has 20 heavy (non-hydrogen) atoms. The quantitative estimate of drug-likeness (QED) is 0.862. The molecule has 0 spiro atoms. The van der Waals surface area contributed by atoms with E-state index in [1.54, 1.807) is 0 Å². The summed E-state index contributed by atoms with van der Waals surface area (Å²) in [5, 5.41) is 3.26. The first-order valence-corrected chi connectivity index (χ1v) is 7.55. The van der Waals surface area contributed by atoms with Crippen molar-refractivity contribution in [1.29, 1.82) is 0 Å². The van der Waals surface area contributed by atoms with Gasteiger partial charge < -0.3 is 10.1 Å². The van der Waals surface area contributed by atoms with Crippen LogP contribution in [-0.4, -0.2) is 7.05 Å². The smallest absolute Gasteiger partial charge is 0.124 e. The van der Waals surface area contributed by atoms with Gasteiger partial charge in [-0.1, -0.05) is 40.2 Å². The fraction of sp³-hybridized carbons (Fsp3) is 0.294. The summed E-state index contributed by atoms with van der Waals surface area (Å²) in [6.45, 7) is 4.83. The van der Waals surface area contributed by atoms with Crippen molar-refractivity contribution in [3.05, 3.63) is 63.6 Å². The maximum Gasteiger partial charge on any atom is 0.124 e. The zero-order valence-corrected chi connectivity index (χ0v) is 13.7. The SMILES string of the molecule is CNC(C)c1cc(Br)ccc1OCc1ccccc1C. The first kappa shape index (κ1) is 15.1. The van der Waals surface area contributed by atoms with E-state index < -0.39 is 0 Å². The molecule has 0 aliphatic heterocycles. The molecule has 0 aliphatic carbocycles. The summed E-state index contributed by atoms with van der Waals surface area (Å²) in [7, 11) is 1.96. The van der Waals surface area contributed by atoms with Gasteiger partial charge in [0.2, 0.25) is 0 Å². The average Bonchev–Trinajstić information content (AvgIpc) is 2.46. The van der Waals surface area contributed by atoms with Gasteiger partial charge in [0, 0.05) is 16.1 Å². The lowest BCUT2D eigenvalue weighted by Crippen LogP contribution is -2.14. The Morgan fingerprint density at radius 2 is 1.95 bits per heavy atom. The van der Waals surface area contributed by atoms with Gasteiger partial charge in [-0.05, 0) is 50.2 Å². The topological polar surface area (TPSA) is 21.3 Å². The van der Waals surface area contributed by atoms with E-state index in [0.717, 1.165) is 15.8 Å². The van der Waals surface area contributed by atoms with E-state index in [0.29, 0.717) is 6.61 Å². The second-order valence-electron chi connectivity index (χ2n) is 4.91. The minimum absolute atomic E-state index is 0.249. The molecule has 0 aromatic heterocycles. The van der Waals surface area contributed by atoms with Crippen molar-refractivity contribution >= 4 is 15.9 Å². The largest absolute Gasteiger partial charge is 0.489 e. The van der Waals surface area contributed by atoms with E-state index in [1.165, 1.54) is 11.1 Å². The lowest BCUT2D eigenvalue weighted by molar-refractivity contribution is 0.299. The van der Waals surface area contributed by atoms with Gasteiger partial charge >= 0.3 is 0 Å². The molecule has 0 radical (unpaired) electrons. The van der Waals surface area contributed by atoms with E-state index in [-0.39, 0.29) is 6.04 Å². The van der Waals surface area contributed by atoms with E-state index in [2.05, 4.69) is 53.3 Å². The molecule has 1 atom stereocenters. The number of benzene rings is 2. The molecular formula is C17H20BrNO. The van der Waals surface area contributed by atoms with E-state index in [9.17, 15) is 0 Å². The normalized spacial score (nSPS) is 12.2. The second kappa shape index (κ2) is 6.91. The highest BCUT2D eigenvalue weighted by Gasteiger charge is 2.11. The second-order valence-corrected chi connectivity index (χ2v) is 5.82. The Morgan fingerprint density at radius 3 is 2.65 bits per heavy atom. The zero-order chi connectivity index (χ0) is 14.5. The highest BCUT2D eigenvalue weighted by Crippen LogP contribution is 2.29.